The normalized spacial score (nSPS) is 10.8. The van der Waals surface area contributed by atoms with Crippen LogP contribution in [0.3, 0.4) is 0 Å². The van der Waals surface area contributed by atoms with E-state index in [0.717, 1.165) is 34.7 Å². The van der Waals surface area contributed by atoms with Crippen molar-refractivity contribution >= 4 is 45.7 Å². The van der Waals surface area contributed by atoms with Gasteiger partial charge in [0, 0.05) is 19.2 Å². The van der Waals surface area contributed by atoms with Gasteiger partial charge in [0.2, 0.25) is 16.9 Å². The first kappa shape index (κ1) is 22.9. The van der Waals surface area contributed by atoms with Gasteiger partial charge in [-0.15, -0.1) is 20.4 Å². The SMILES string of the molecule is CCCc1nnc(NC(=O)CSc2nnc(CC(=O)Nc3cc(C)ccc3C)n2C)s1. The fraction of sp³-hybridized carbons (Fsp3) is 0.400. The van der Waals surface area contributed by atoms with Crippen molar-refractivity contribution in [3.05, 3.63) is 40.2 Å². The number of anilines is 2. The first-order chi connectivity index (χ1) is 14.9. The van der Waals surface area contributed by atoms with Crippen molar-refractivity contribution in [2.75, 3.05) is 16.4 Å². The molecule has 11 heteroatoms. The molecule has 0 atom stereocenters. The molecular formula is C20H25N7O2S2. The van der Waals surface area contributed by atoms with Crippen LogP contribution in [0.5, 0.6) is 0 Å². The topological polar surface area (TPSA) is 115 Å². The molecule has 0 aliphatic carbocycles. The zero-order valence-corrected chi connectivity index (χ0v) is 19.6. The number of rotatable bonds is 9. The lowest BCUT2D eigenvalue weighted by atomic mass is 10.1. The highest BCUT2D eigenvalue weighted by Gasteiger charge is 2.16. The quantitative estimate of drug-likeness (QED) is 0.472. The van der Waals surface area contributed by atoms with E-state index < -0.39 is 0 Å². The summed E-state index contributed by atoms with van der Waals surface area (Å²) in [5.74, 6) is 0.321. The molecule has 31 heavy (non-hydrogen) atoms. The molecule has 2 aromatic heterocycles. The molecule has 0 saturated carbocycles. The number of benzene rings is 1. The van der Waals surface area contributed by atoms with Gasteiger partial charge in [0.25, 0.3) is 0 Å². The molecule has 0 aliphatic heterocycles. The Morgan fingerprint density at radius 1 is 1.10 bits per heavy atom. The van der Waals surface area contributed by atoms with Crippen LogP contribution < -0.4 is 10.6 Å². The van der Waals surface area contributed by atoms with Gasteiger partial charge in [0.05, 0.1) is 12.2 Å². The van der Waals surface area contributed by atoms with Crippen LogP contribution in [0.4, 0.5) is 10.8 Å². The maximum Gasteiger partial charge on any atom is 0.236 e. The summed E-state index contributed by atoms with van der Waals surface area (Å²) in [5.41, 5.74) is 2.86. The van der Waals surface area contributed by atoms with Crippen molar-refractivity contribution in [2.24, 2.45) is 7.05 Å². The second-order valence-electron chi connectivity index (χ2n) is 7.09. The van der Waals surface area contributed by atoms with Gasteiger partial charge in [0.1, 0.15) is 10.8 Å². The van der Waals surface area contributed by atoms with Gasteiger partial charge in [-0.25, -0.2) is 0 Å². The third-order valence-electron chi connectivity index (χ3n) is 4.42. The highest BCUT2D eigenvalue weighted by Crippen LogP contribution is 2.20. The highest BCUT2D eigenvalue weighted by molar-refractivity contribution is 7.99. The van der Waals surface area contributed by atoms with Gasteiger partial charge < -0.3 is 9.88 Å². The number of hydrogen-bond acceptors (Lipinski definition) is 8. The molecule has 3 rings (SSSR count). The van der Waals surface area contributed by atoms with E-state index in [0.29, 0.717) is 16.1 Å². The third-order valence-corrected chi connectivity index (χ3v) is 6.34. The zero-order valence-electron chi connectivity index (χ0n) is 17.9. The molecule has 2 heterocycles. The Morgan fingerprint density at radius 2 is 1.90 bits per heavy atom. The number of amides is 2. The molecule has 0 spiro atoms. The lowest BCUT2D eigenvalue weighted by molar-refractivity contribution is -0.116. The predicted molar refractivity (Wildman–Crippen MR) is 123 cm³/mol. The first-order valence-electron chi connectivity index (χ1n) is 9.86. The number of nitrogens with one attached hydrogen (secondary N) is 2. The smallest absolute Gasteiger partial charge is 0.236 e. The van der Waals surface area contributed by atoms with Crippen LogP contribution in [-0.4, -0.2) is 42.5 Å². The summed E-state index contributed by atoms with van der Waals surface area (Å²) in [6, 6.07) is 5.91. The third kappa shape index (κ3) is 6.34. The van der Waals surface area contributed by atoms with Crippen LogP contribution in [0.25, 0.3) is 0 Å². The average Bonchev–Trinajstić information content (AvgIpc) is 3.30. The minimum absolute atomic E-state index is 0.0919. The van der Waals surface area contributed by atoms with Gasteiger partial charge in [0.15, 0.2) is 5.16 Å². The molecule has 164 valence electrons. The Balaban J connectivity index is 1.52. The van der Waals surface area contributed by atoms with Crippen molar-refractivity contribution in [1.82, 2.24) is 25.0 Å². The van der Waals surface area contributed by atoms with E-state index in [1.54, 1.807) is 11.6 Å². The summed E-state index contributed by atoms with van der Waals surface area (Å²) in [6.07, 6.45) is 1.92. The Hall–Kier alpha value is -2.79. The number of nitrogens with zero attached hydrogens (tertiary/aromatic N) is 5. The highest BCUT2D eigenvalue weighted by atomic mass is 32.2. The van der Waals surface area contributed by atoms with Crippen molar-refractivity contribution in [3.63, 3.8) is 0 Å². The summed E-state index contributed by atoms with van der Waals surface area (Å²) in [4.78, 5) is 24.6. The monoisotopic (exact) mass is 459 g/mol. The molecule has 3 aromatic rings. The predicted octanol–water partition coefficient (Wildman–Crippen LogP) is 3.15. The van der Waals surface area contributed by atoms with Crippen molar-refractivity contribution in [2.45, 2.75) is 45.2 Å². The fourth-order valence-corrected chi connectivity index (χ4v) is 4.33. The van der Waals surface area contributed by atoms with E-state index in [4.69, 9.17) is 0 Å². The Morgan fingerprint density at radius 3 is 2.68 bits per heavy atom. The number of aromatic nitrogens is 5. The molecule has 1 aromatic carbocycles. The van der Waals surface area contributed by atoms with Crippen molar-refractivity contribution in [3.8, 4) is 0 Å². The van der Waals surface area contributed by atoms with Crippen LogP contribution in [0.1, 0.15) is 35.3 Å². The molecule has 2 N–H and O–H groups in total. The molecule has 0 saturated heterocycles. The van der Waals surface area contributed by atoms with Crippen LogP contribution in [0, 0.1) is 13.8 Å². The van der Waals surface area contributed by atoms with Gasteiger partial charge in [-0.2, -0.15) is 0 Å². The lowest BCUT2D eigenvalue weighted by Gasteiger charge is -2.09. The first-order valence-corrected chi connectivity index (χ1v) is 11.7. The largest absolute Gasteiger partial charge is 0.325 e. The molecule has 0 aliphatic rings. The van der Waals surface area contributed by atoms with E-state index in [9.17, 15) is 9.59 Å². The Labute approximate surface area is 189 Å². The summed E-state index contributed by atoms with van der Waals surface area (Å²) in [6.45, 7) is 5.99. The van der Waals surface area contributed by atoms with Gasteiger partial charge in [-0.3, -0.25) is 14.9 Å². The minimum Gasteiger partial charge on any atom is -0.325 e. The van der Waals surface area contributed by atoms with Crippen LogP contribution in [0.2, 0.25) is 0 Å². The number of aryl methyl sites for hydroxylation is 3. The van der Waals surface area contributed by atoms with E-state index in [1.807, 2.05) is 32.0 Å². The van der Waals surface area contributed by atoms with E-state index in [2.05, 4.69) is 38.0 Å². The molecule has 0 radical (unpaired) electrons. The number of carbonyl (C=O) groups excluding carboxylic acids is 2. The Bertz CT molecular complexity index is 1080. The molecule has 9 nitrogen and oxygen atoms in total. The van der Waals surface area contributed by atoms with E-state index in [-0.39, 0.29) is 24.0 Å². The van der Waals surface area contributed by atoms with Crippen LogP contribution in [0.15, 0.2) is 23.4 Å². The summed E-state index contributed by atoms with van der Waals surface area (Å²) in [7, 11) is 1.78. The zero-order chi connectivity index (χ0) is 22.4. The Kier molecular flexibility index (Phi) is 7.75. The van der Waals surface area contributed by atoms with Crippen molar-refractivity contribution < 1.29 is 9.59 Å². The van der Waals surface area contributed by atoms with Crippen LogP contribution >= 0.6 is 23.1 Å². The minimum atomic E-state index is -0.193. The van der Waals surface area contributed by atoms with E-state index in [1.165, 1.54) is 23.1 Å². The number of thioether (sulfide) groups is 1. The maximum absolute atomic E-state index is 12.4. The van der Waals surface area contributed by atoms with Gasteiger partial charge in [-0.05, 0) is 37.5 Å². The molecule has 0 bridgehead atoms. The number of hydrogen-bond donors (Lipinski definition) is 2. The second-order valence-corrected chi connectivity index (χ2v) is 9.09. The molecule has 0 fully saturated rings. The molecule has 0 unspecified atom stereocenters. The van der Waals surface area contributed by atoms with Gasteiger partial charge >= 0.3 is 0 Å². The van der Waals surface area contributed by atoms with Crippen molar-refractivity contribution in [1.29, 1.82) is 0 Å². The average molecular weight is 460 g/mol. The molecule has 2 amide bonds. The maximum atomic E-state index is 12.4. The molecular weight excluding hydrogens is 434 g/mol. The summed E-state index contributed by atoms with van der Waals surface area (Å²) in [5, 5.41) is 23.9. The summed E-state index contributed by atoms with van der Waals surface area (Å²) >= 11 is 2.63. The van der Waals surface area contributed by atoms with Gasteiger partial charge in [-0.1, -0.05) is 42.2 Å². The lowest BCUT2D eigenvalue weighted by Crippen LogP contribution is -2.18. The second kappa shape index (κ2) is 10.5. The number of carbonyl (C=O) groups is 2. The fourth-order valence-electron chi connectivity index (χ4n) is 2.74. The van der Waals surface area contributed by atoms with Crippen LogP contribution in [-0.2, 0) is 29.5 Å². The standard InChI is InChI=1S/C20H25N7O2S2/c1-5-6-18-24-25-19(31-18)22-17(29)11-30-20-26-23-15(27(20)4)10-16(28)21-14-9-12(2)7-8-13(14)3/h7-9H,5-6,10-11H2,1-4H3,(H,21,28)(H,22,25,29). The summed E-state index contributed by atoms with van der Waals surface area (Å²) < 4.78 is 1.73. The van der Waals surface area contributed by atoms with E-state index >= 15 is 0 Å².